The molecule has 0 saturated carbocycles. The molecule has 2 aromatic heterocycles. The summed E-state index contributed by atoms with van der Waals surface area (Å²) < 4.78 is 44.3. The average Bonchev–Trinajstić information content (AvgIpc) is 3.21. The highest BCUT2D eigenvalue weighted by Gasteiger charge is 2.32. The van der Waals surface area contributed by atoms with Crippen molar-refractivity contribution >= 4 is 28.6 Å². The number of fused-ring (bicyclic) bond motifs is 1. The number of carbonyl (C=O) groups is 1. The molecule has 2 heterocycles. The SMILES string of the molecule is CCOC(=O)C(Cc1cccc(-c2ccc(C(F)(F)F)cn2)c1)c1[nH]c2ccc(O)c(C)c2c1SC(C)(C)C. The summed E-state index contributed by atoms with van der Waals surface area (Å²) in [5.74, 6) is -0.896. The molecule has 0 bridgehead atoms. The molecule has 1 atom stereocenters. The summed E-state index contributed by atoms with van der Waals surface area (Å²) >= 11 is 1.61. The standard InChI is InChI=1S/C30H31F3N2O3S/c1-6-38-28(37)21(26-27(39-29(3,4)5)25-17(2)24(36)13-12-23(25)35-26)15-18-8-7-9-19(14-18)22-11-10-20(16-34-22)30(31,32)33/h7-14,16,21,35-36H,6,15H2,1-5H3. The van der Waals surface area contributed by atoms with E-state index in [0.717, 1.165) is 39.2 Å². The molecule has 0 saturated heterocycles. The van der Waals surface area contributed by atoms with E-state index in [0.29, 0.717) is 23.4 Å². The summed E-state index contributed by atoms with van der Waals surface area (Å²) in [6.45, 7) is 10.1. The third kappa shape index (κ3) is 6.41. The number of esters is 1. The van der Waals surface area contributed by atoms with Gasteiger partial charge in [0, 0.05) is 43.6 Å². The number of hydrogen-bond donors (Lipinski definition) is 2. The van der Waals surface area contributed by atoms with Gasteiger partial charge in [-0.3, -0.25) is 9.78 Å². The number of phenolic OH excluding ortho intramolecular Hbond substituents is 1. The molecule has 206 valence electrons. The number of H-pyrrole nitrogens is 1. The lowest BCUT2D eigenvalue weighted by Crippen LogP contribution is -2.20. The Morgan fingerprint density at radius 3 is 2.49 bits per heavy atom. The Balaban J connectivity index is 1.78. The van der Waals surface area contributed by atoms with Crippen molar-refractivity contribution in [3.8, 4) is 17.0 Å². The van der Waals surface area contributed by atoms with Crippen LogP contribution in [-0.4, -0.2) is 32.4 Å². The topological polar surface area (TPSA) is 75.2 Å². The molecule has 0 spiro atoms. The number of rotatable bonds is 7. The number of halogens is 3. The first-order valence-electron chi connectivity index (χ1n) is 12.6. The van der Waals surface area contributed by atoms with Crippen LogP contribution in [0.2, 0.25) is 0 Å². The molecule has 0 aliphatic carbocycles. The van der Waals surface area contributed by atoms with Gasteiger partial charge in [-0.25, -0.2) is 0 Å². The monoisotopic (exact) mass is 556 g/mol. The highest BCUT2D eigenvalue weighted by Crippen LogP contribution is 2.45. The van der Waals surface area contributed by atoms with E-state index in [4.69, 9.17) is 4.74 Å². The highest BCUT2D eigenvalue weighted by atomic mass is 32.2. The predicted molar refractivity (Wildman–Crippen MR) is 148 cm³/mol. The lowest BCUT2D eigenvalue weighted by molar-refractivity contribution is -0.145. The molecular formula is C30H31F3N2O3S. The van der Waals surface area contributed by atoms with E-state index in [1.807, 2.05) is 19.1 Å². The molecule has 4 aromatic rings. The summed E-state index contributed by atoms with van der Waals surface area (Å²) in [7, 11) is 0. The Bertz CT molecular complexity index is 1490. The van der Waals surface area contributed by atoms with Gasteiger partial charge in [0.15, 0.2) is 0 Å². The number of phenols is 1. The molecule has 4 rings (SSSR count). The molecule has 5 nitrogen and oxygen atoms in total. The van der Waals surface area contributed by atoms with E-state index in [9.17, 15) is 23.1 Å². The Morgan fingerprint density at radius 2 is 1.87 bits per heavy atom. The first kappa shape index (κ1) is 28.5. The van der Waals surface area contributed by atoms with Gasteiger partial charge in [0.2, 0.25) is 0 Å². The Kier molecular flexibility index (Phi) is 8.02. The van der Waals surface area contributed by atoms with Gasteiger partial charge >= 0.3 is 12.1 Å². The normalized spacial score (nSPS) is 13.0. The fourth-order valence-corrected chi connectivity index (χ4v) is 5.74. The van der Waals surface area contributed by atoms with Crippen molar-refractivity contribution in [2.75, 3.05) is 6.61 Å². The number of aryl methyl sites for hydroxylation is 1. The quantitative estimate of drug-likeness (QED) is 0.178. The molecule has 0 aliphatic heterocycles. The highest BCUT2D eigenvalue weighted by molar-refractivity contribution is 8.00. The van der Waals surface area contributed by atoms with Crippen LogP contribution in [0.4, 0.5) is 13.2 Å². The number of nitrogens with zero attached hydrogens (tertiary/aromatic N) is 1. The molecule has 39 heavy (non-hydrogen) atoms. The maximum absolute atomic E-state index is 13.4. The Morgan fingerprint density at radius 1 is 1.13 bits per heavy atom. The number of ether oxygens (including phenoxy) is 1. The number of benzene rings is 2. The fraction of sp³-hybridized carbons (Fsp3) is 0.333. The third-order valence-corrected chi connectivity index (χ3v) is 7.50. The minimum absolute atomic E-state index is 0.174. The minimum Gasteiger partial charge on any atom is -0.508 e. The van der Waals surface area contributed by atoms with Crippen LogP contribution in [0.3, 0.4) is 0 Å². The van der Waals surface area contributed by atoms with Gasteiger partial charge < -0.3 is 14.8 Å². The van der Waals surface area contributed by atoms with Gasteiger partial charge in [-0.2, -0.15) is 13.2 Å². The van der Waals surface area contributed by atoms with Crippen LogP contribution in [0.15, 0.2) is 59.6 Å². The van der Waals surface area contributed by atoms with Gasteiger partial charge in [-0.15, -0.1) is 11.8 Å². The number of aromatic hydroxyl groups is 1. The average molecular weight is 557 g/mol. The maximum Gasteiger partial charge on any atom is 0.417 e. The lowest BCUT2D eigenvalue weighted by atomic mass is 9.94. The molecule has 1 unspecified atom stereocenters. The zero-order valence-corrected chi connectivity index (χ0v) is 23.3. The fourth-order valence-electron chi connectivity index (χ4n) is 4.46. The molecule has 2 N–H and O–H groups in total. The predicted octanol–water partition coefficient (Wildman–Crippen LogP) is 8.04. The van der Waals surface area contributed by atoms with Crippen molar-refractivity contribution in [2.45, 2.75) is 62.8 Å². The van der Waals surface area contributed by atoms with Crippen molar-refractivity contribution in [1.29, 1.82) is 0 Å². The van der Waals surface area contributed by atoms with Crippen molar-refractivity contribution in [2.24, 2.45) is 0 Å². The maximum atomic E-state index is 13.4. The number of alkyl halides is 3. The van der Waals surface area contributed by atoms with Gasteiger partial charge in [0.05, 0.1) is 17.9 Å². The van der Waals surface area contributed by atoms with Crippen LogP contribution >= 0.6 is 11.8 Å². The molecule has 0 radical (unpaired) electrons. The van der Waals surface area contributed by atoms with E-state index in [2.05, 4.69) is 30.7 Å². The van der Waals surface area contributed by atoms with Crippen LogP contribution in [0.25, 0.3) is 22.2 Å². The van der Waals surface area contributed by atoms with E-state index < -0.39 is 17.7 Å². The zero-order valence-electron chi connectivity index (χ0n) is 22.4. The largest absolute Gasteiger partial charge is 0.508 e. The van der Waals surface area contributed by atoms with Crippen molar-refractivity contribution in [3.63, 3.8) is 0 Å². The van der Waals surface area contributed by atoms with Crippen molar-refractivity contribution in [1.82, 2.24) is 9.97 Å². The van der Waals surface area contributed by atoms with Gasteiger partial charge in [0.25, 0.3) is 0 Å². The third-order valence-electron chi connectivity index (χ3n) is 6.26. The molecule has 9 heteroatoms. The minimum atomic E-state index is -4.46. The number of pyridine rings is 1. The van der Waals surface area contributed by atoms with Crippen LogP contribution in [0.5, 0.6) is 5.75 Å². The molecule has 2 aromatic carbocycles. The van der Waals surface area contributed by atoms with E-state index in [1.165, 1.54) is 6.07 Å². The lowest BCUT2D eigenvalue weighted by Gasteiger charge is -2.22. The second kappa shape index (κ2) is 11.0. The number of carbonyl (C=O) groups excluding carboxylic acids is 1. The van der Waals surface area contributed by atoms with Gasteiger partial charge in [-0.05, 0) is 56.2 Å². The van der Waals surface area contributed by atoms with Crippen LogP contribution in [0.1, 0.15) is 56.0 Å². The van der Waals surface area contributed by atoms with Crippen molar-refractivity contribution in [3.05, 3.63) is 77.1 Å². The van der Waals surface area contributed by atoms with Crippen LogP contribution < -0.4 is 0 Å². The summed E-state index contributed by atoms with van der Waals surface area (Å²) in [6, 6.07) is 13.0. The smallest absolute Gasteiger partial charge is 0.417 e. The van der Waals surface area contributed by atoms with Gasteiger partial charge in [-0.1, -0.05) is 39.0 Å². The number of nitrogens with one attached hydrogen (secondary N) is 1. The Labute approximate surface area is 229 Å². The first-order valence-corrected chi connectivity index (χ1v) is 13.4. The number of thioether (sulfide) groups is 1. The van der Waals surface area contributed by atoms with Crippen molar-refractivity contribution < 1.29 is 27.8 Å². The summed E-state index contributed by atoms with van der Waals surface area (Å²) in [5, 5.41) is 11.3. The molecule has 0 aliphatic rings. The molecular weight excluding hydrogens is 525 g/mol. The summed E-state index contributed by atoms with van der Waals surface area (Å²) in [5.41, 5.74) is 3.27. The van der Waals surface area contributed by atoms with Gasteiger partial charge in [0.1, 0.15) is 11.7 Å². The number of hydrogen-bond acceptors (Lipinski definition) is 5. The Hall–Kier alpha value is -3.46. The van der Waals surface area contributed by atoms with Crippen LogP contribution in [0, 0.1) is 6.92 Å². The zero-order chi connectivity index (χ0) is 28.5. The first-order chi connectivity index (χ1) is 18.3. The van der Waals surface area contributed by atoms with Crippen LogP contribution in [-0.2, 0) is 22.1 Å². The molecule has 0 amide bonds. The summed E-state index contributed by atoms with van der Waals surface area (Å²) in [6.07, 6.45) is -3.34. The second-order valence-corrected chi connectivity index (χ2v) is 12.2. The molecule has 0 fully saturated rings. The van der Waals surface area contributed by atoms with E-state index in [1.54, 1.807) is 43.0 Å². The van der Waals surface area contributed by atoms with E-state index >= 15 is 0 Å². The summed E-state index contributed by atoms with van der Waals surface area (Å²) in [4.78, 5) is 21.7. The number of aromatic nitrogens is 2. The van der Waals surface area contributed by atoms with E-state index in [-0.39, 0.29) is 23.1 Å². The number of aromatic amines is 1. The second-order valence-electron chi connectivity index (χ2n) is 10.4.